The van der Waals surface area contributed by atoms with Crippen LogP contribution in [0.5, 0.6) is 5.75 Å². The Morgan fingerprint density at radius 2 is 2.00 bits per heavy atom. The molecule has 2 aromatic rings. The first-order valence-corrected chi connectivity index (χ1v) is 10.9. The van der Waals surface area contributed by atoms with E-state index >= 15 is 0 Å². The lowest BCUT2D eigenvalue weighted by Gasteiger charge is -2.07. The fourth-order valence-electron chi connectivity index (χ4n) is 2.29. The van der Waals surface area contributed by atoms with Crippen LogP contribution in [0, 0.1) is 0 Å². The van der Waals surface area contributed by atoms with Crippen LogP contribution in [0.1, 0.15) is 18.9 Å². The summed E-state index contributed by atoms with van der Waals surface area (Å²) in [5, 5.41) is 11.3. The molecule has 0 spiro atoms. The molecule has 0 bridgehead atoms. The van der Waals surface area contributed by atoms with E-state index < -0.39 is 10.1 Å². The van der Waals surface area contributed by atoms with Gasteiger partial charge >= 0.3 is 10.1 Å². The number of nitrogens with one attached hydrogen (secondary N) is 1. The Morgan fingerprint density at radius 3 is 2.68 bits per heavy atom. The quantitative estimate of drug-likeness (QED) is 0.424. The van der Waals surface area contributed by atoms with E-state index in [2.05, 4.69) is 15.5 Å². The molecular formula is C18H16ClN3O4S2. The Hall–Kier alpha value is -2.36. The van der Waals surface area contributed by atoms with Crippen molar-refractivity contribution in [3.8, 4) is 5.75 Å². The molecule has 1 saturated heterocycles. The highest BCUT2D eigenvalue weighted by atomic mass is 35.5. The van der Waals surface area contributed by atoms with E-state index in [4.69, 9.17) is 15.8 Å². The van der Waals surface area contributed by atoms with E-state index in [1.54, 1.807) is 12.1 Å². The van der Waals surface area contributed by atoms with E-state index in [0.29, 0.717) is 22.2 Å². The maximum absolute atomic E-state index is 12.3. The monoisotopic (exact) mass is 437 g/mol. The van der Waals surface area contributed by atoms with Crippen molar-refractivity contribution in [2.75, 3.05) is 0 Å². The lowest BCUT2D eigenvalue weighted by atomic mass is 10.2. The molecule has 1 N–H and O–H groups in total. The standard InChI is InChI=1S/C18H16ClN3O4S2/c1-2-16-17(23)21-18(27-16)22-20-11-12-4-3-5-14(10-12)26-28(24,25)15-8-6-13(19)7-9-15/h3-11,16H,2H2,1H3,(H,21,22,23)/b20-11-/t16-/m0/s1. The van der Waals surface area contributed by atoms with Crippen LogP contribution in [0.2, 0.25) is 5.02 Å². The predicted molar refractivity (Wildman–Crippen MR) is 111 cm³/mol. The number of halogens is 1. The molecule has 1 aliphatic heterocycles. The minimum atomic E-state index is -3.98. The topological polar surface area (TPSA) is 97.2 Å². The average molecular weight is 438 g/mol. The smallest absolute Gasteiger partial charge is 0.339 e. The van der Waals surface area contributed by atoms with E-state index in [0.717, 1.165) is 0 Å². The second kappa shape index (κ2) is 8.76. The summed E-state index contributed by atoms with van der Waals surface area (Å²) in [5.74, 6) is 0.0606. The van der Waals surface area contributed by atoms with E-state index in [1.165, 1.54) is 54.4 Å². The van der Waals surface area contributed by atoms with Crippen LogP contribution in [0.4, 0.5) is 0 Å². The van der Waals surface area contributed by atoms with Crippen molar-refractivity contribution in [1.29, 1.82) is 0 Å². The molecular weight excluding hydrogens is 422 g/mol. The average Bonchev–Trinajstić information content (AvgIpc) is 3.02. The van der Waals surface area contributed by atoms with Gasteiger partial charge in [0.05, 0.1) is 11.5 Å². The Balaban J connectivity index is 1.70. The number of hydrogen-bond acceptors (Lipinski definition) is 7. The zero-order chi connectivity index (χ0) is 20.1. The zero-order valence-corrected chi connectivity index (χ0v) is 17.1. The summed E-state index contributed by atoms with van der Waals surface area (Å²) in [5.41, 5.74) is 0.592. The summed E-state index contributed by atoms with van der Waals surface area (Å²) in [4.78, 5) is 11.6. The van der Waals surface area contributed by atoms with E-state index in [9.17, 15) is 13.2 Å². The summed E-state index contributed by atoms with van der Waals surface area (Å²) in [6, 6.07) is 12.1. The lowest BCUT2D eigenvalue weighted by molar-refractivity contribution is -0.118. The fourth-order valence-corrected chi connectivity index (χ4v) is 4.20. The summed E-state index contributed by atoms with van der Waals surface area (Å²) in [7, 11) is -3.98. The van der Waals surface area contributed by atoms with Gasteiger partial charge in [-0.05, 0) is 48.4 Å². The van der Waals surface area contributed by atoms with Gasteiger partial charge in [-0.3, -0.25) is 4.79 Å². The van der Waals surface area contributed by atoms with Gasteiger partial charge in [-0.15, -0.1) is 5.10 Å². The molecule has 0 aromatic heterocycles. The number of rotatable bonds is 6. The molecule has 146 valence electrons. The molecule has 1 aliphatic rings. The lowest BCUT2D eigenvalue weighted by Crippen LogP contribution is -2.24. The largest absolute Gasteiger partial charge is 0.379 e. The van der Waals surface area contributed by atoms with Crippen LogP contribution in [-0.2, 0) is 14.9 Å². The molecule has 1 atom stereocenters. The van der Waals surface area contributed by atoms with Crippen molar-refractivity contribution in [3.05, 3.63) is 59.1 Å². The zero-order valence-electron chi connectivity index (χ0n) is 14.7. The van der Waals surface area contributed by atoms with Gasteiger partial charge in [-0.2, -0.15) is 13.5 Å². The number of carbonyl (C=O) groups is 1. The minimum Gasteiger partial charge on any atom is -0.379 e. The van der Waals surface area contributed by atoms with Crippen molar-refractivity contribution in [3.63, 3.8) is 0 Å². The van der Waals surface area contributed by atoms with Gasteiger partial charge in [-0.25, -0.2) is 0 Å². The van der Waals surface area contributed by atoms with Gasteiger partial charge in [-0.1, -0.05) is 42.4 Å². The fraction of sp³-hybridized carbons (Fsp3) is 0.167. The van der Waals surface area contributed by atoms with E-state index in [-0.39, 0.29) is 21.8 Å². The Labute approximate surface area is 172 Å². The van der Waals surface area contributed by atoms with Crippen molar-refractivity contribution < 1.29 is 17.4 Å². The van der Waals surface area contributed by atoms with Gasteiger partial charge < -0.3 is 9.50 Å². The Kier molecular flexibility index (Phi) is 6.38. The second-order valence-corrected chi connectivity index (χ2v) is 8.89. The Morgan fingerprint density at radius 1 is 1.25 bits per heavy atom. The van der Waals surface area contributed by atoms with Crippen molar-refractivity contribution in [2.24, 2.45) is 10.2 Å². The maximum atomic E-state index is 12.3. The molecule has 1 heterocycles. The number of nitrogens with zero attached hydrogens (tertiary/aromatic N) is 2. The highest BCUT2D eigenvalue weighted by molar-refractivity contribution is 8.15. The van der Waals surface area contributed by atoms with Gasteiger partial charge in [0.1, 0.15) is 10.6 Å². The van der Waals surface area contributed by atoms with Crippen molar-refractivity contribution in [2.45, 2.75) is 23.5 Å². The van der Waals surface area contributed by atoms with Crippen LogP contribution >= 0.6 is 23.4 Å². The third kappa shape index (κ3) is 5.12. The molecule has 3 rings (SSSR count). The number of thioether (sulfide) groups is 1. The maximum Gasteiger partial charge on any atom is 0.339 e. The molecule has 10 heteroatoms. The molecule has 1 amide bonds. The highest BCUT2D eigenvalue weighted by Crippen LogP contribution is 2.22. The molecule has 2 aromatic carbocycles. The van der Waals surface area contributed by atoms with Crippen LogP contribution in [-0.4, -0.2) is 31.0 Å². The highest BCUT2D eigenvalue weighted by Gasteiger charge is 2.28. The normalized spacial score (nSPS) is 18.6. The molecule has 7 nitrogen and oxygen atoms in total. The molecule has 0 unspecified atom stereocenters. The molecule has 0 radical (unpaired) electrons. The van der Waals surface area contributed by atoms with Gasteiger partial charge in [0.15, 0.2) is 5.17 Å². The summed E-state index contributed by atoms with van der Waals surface area (Å²) < 4.78 is 29.8. The molecule has 0 aliphatic carbocycles. The third-order valence-electron chi connectivity index (χ3n) is 3.67. The van der Waals surface area contributed by atoms with Gasteiger partial charge in [0.2, 0.25) is 5.91 Å². The first-order valence-electron chi connectivity index (χ1n) is 8.26. The van der Waals surface area contributed by atoms with Crippen molar-refractivity contribution in [1.82, 2.24) is 5.32 Å². The number of amidine groups is 1. The second-order valence-electron chi connectivity index (χ2n) is 5.72. The predicted octanol–water partition coefficient (Wildman–Crippen LogP) is 3.44. The first-order chi connectivity index (χ1) is 13.4. The van der Waals surface area contributed by atoms with Crippen molar-refractivity contribution >= 4 is 50.8 Å². The van der Waals surface area contributed by atoms with Gasteiger partial charge in [0, 0.05) is 5.02 Å². The van der Waals surface area contributed by atoms with Crippen LogP contribution < -0.4 is 9.50 Å². The third-order valence-corrected chi connectivity index (χ3v) is 6.42. The molecule has 1 fully saturated rings. The molecule has 0 saturated carbocycles. The number of amides is 1. The number of carbonyl (C=O) groups excluding carboxylic acids is 1. The summed E-state index contributed by atoms with van der Waals surface area (Å²) in [6.07, 6.45) is 2.15. The summed E-state index contributed by atoms with van der Waals surface area (Å²) in [6.45, 7) is 1.92. The van der Waals surface area contributed by atoms with Crippen LogP contribution in [0.15, 0.2) is 63.6 Å². The van der Waals surface area contributed by atoms with E-state index in [1.807, 2.05) is 6.92 Å². The number of benzene rings is 2. The number of hydrogen-bond donors (Lipinski definition) is 1. The van der Waals surface area contributed by atoms with Gasteiger partial charge in [0.25, 0.3) is 0 Å². The molecule has 28 heavy (non-hydrogen) atoms. The van der Waals surface area contributed by atoms with Crippen LogP contribution in [0.3, 0.4) is 0 Å². The summed E-state index contributed by atoms with van der Waals surface area (Å²) >= 11 is 7.10. The minimum absolute atomic E-state index is 0.00171. The van der Waals surface area contributed by atoms with Crippen LogP contribution in [0.25, 0.3) is 0 Å². The Bertz CT molecular complexity index is 1040. The SMILES string of the molecule is CC[C@@H]1S/C(=N\N=C/c2cccc(OS(=O)(=O)c3ccc(Cl)cc3)c2)NC1=O. The first kappa shape index (κ1) is 20.4.